The van der Waals surface area contributed by atoms with Crippen LogP contribution >= 0.6 is 12.2 Å². The predicted octanol–water partition coefficient (Wildman–Crippen LogP) is 4.79. The van der Waals surface area contributed by atoms with E-state index in [0.717, 1.165) is 37.7 Å². The topological polar surface area (TPSA) is 104 Å². The molecule has 3 rings (SSSR count). The van der Waals surface area contributed by atoms with Gasteiger partial charge in [-0.3, -0.25) is 10.2 Å². The number of aromatic nitrogens is 2. The lowest BCUT2D eigenvalue weighted by Gasteiger charge is -2.32. The molecule has 3 amide bonds. The molecular weight excluding hydrogens is 410 g/mol. The third-order valence-electron chi connectivity index (χ3n) is 5.46. The van der Waals surface area contributed by atoms with Crippen molar-refractivity contribution in [2.24, 2.45) is 5.73 Å². The Kier molecular flexibility index (Phi) is 7.57. The maximum Gasteiger partial charge on any atom is 0.333 e. The zero-order valence-electron chi connectivity index (χ0n) is 17.9. The van der Waals surface area contributed by atoms with Gasteiger partial charge in [0.1, 0.15) is 5.69 Å². The van der Waals surface area contributed by atoms with Crippen LogP contribution in [-0.2, 0) is 0 Å². The molecule has 164 valence electrons. The minimum Gasteiger partial charge on any atom is -0.350 e. The van der Waals surface area contributed by atoms with Crippen LogP contribution in [0.25, 0.3) is 12.2 Å². The van der Waals surface area contributed by atoms with Crippen molar-refractivity contribution in [1.82, 2.24) is 20.4 Å². The Hall–Kier alpha value is -3.00. The van der Waals surface area contributed by atoms with E-state index in [1.54, 1.807) is 6.07 Å². The van der Waals surface area contributed by atoms with Crippen molar-refractivity contribution in [3.8, 4) is 0 Å². The number of rotatable bonds is 5. The van der Waals surface area contributed by atoms with E-state index in [9.17, 15) is 9.59 Å². The summed E-state index contributed by atoms with van der Waals surface area (Å²) < 4.78 is 0.186. The Balaban J connectivity index is 1.75. The van der Waals surface area contributed by atoms with Crippen LogP contribution in [0.2, 0.25) is 0 Å². The van der Waals surface area contributed by atoms with Crippen LogP contribution in [0.3, 0.4) is 0 Å². The predicted molar refractivity (Wildman–Crippen MR) is 125 cm³/mol. The number of nitrogens with zero attached hydrogens (tertiary/aromatic N) is 2. The highest BCUT2D eigenvalue weighted by Gasteiger charge is 2.26. The molecule has 1 aromatic carbocycles. The molecule has 0 unspecified atom stereocenters. The molecule has 7 nitrogen and oxygen atoms in total. The monoisotopic (exact) mass is 439 g/mol. The van der Waals surface area contributed by atoms with Gasteiger partial charge < -0.3 is 10.7 Å². The molecule has 8 heteroatoms. The van der Waals surface area contributed by atoms with Gasteiger partial charge in [-0.05, 0) is 54.2 Å². The summed E-state index contributed by atoms with van der Waals surface area (Å²) in [6.45, 7) is 4.31. The van der Waals surface area contributed by atoms with E-state index in [4.69, 9.17) is 18.0 Å². The van der Waals surface area contributed by atoms with Crippen LogP contribution in [0.4, 0.5) is 4.79 Å². The van der Waals surface area contributed by atoms with Gasteiger partial charge in [0, 0.05) is 5.69 Å². The van der Waals surface area contributed by atoms with Crippen LogP contribution in [0.15, 0.2) is 30.3 Å². The summed E-state index contributed by atoms with van der Waals surface area (Å²) >= 11 is 5.19. The molecule has 0 bridgehead atoms. The summed E-state index contributed by atoms with van der Waals surface area (Å²) in [7, 11) is 0. The molecule has 0 saturated heterocycles. The lowest BCUT2D eigenvalue weighted by atomic mass is 9.95. The van der Waals surface area contributed by atoms with E-state index < -0.39 is 11.9 Å². The Labute approximate surface area is 187 Å². The highest BCUT2D eigenvalue weighted by atomic mass is 32.1. The second-order valence-corrected chi connectivity index (χ2v) is 8.51. The van der Waals surface area contributed by atoms with Crippen LogP contribution < -0.4 is 11.2 Å². The number of carbonyl (C=O) groups excluding carboxylic acids is 2. The number of hydrogen-bond donors (Lipinski definition) is 3. The number of nitrogens with one attached hydrogen (secondary N) is 2. The molecule has 1 saturated carbocycles. The van der Waals surface area contributed by atoms with Crippen molar-refractivity contribution in [2.45, 2.75) is 57.9 Å². The Bertz CT molecular complexity index is 1010. The largest absolute Gasteiger partial charge is 0.350 e. The molecule has 0 spiro atoms. The van der Waals surface area contributed by atoms with Crippen molar-refractivity contribution in [2.75, 3.05) is 0 Å². The first-order valence-electron chi connectivity index (χ1n) is 10.6. The Morgan fingerprint density at radius 3 is 2.48 bits per heavy atom. The van der Waals surface area contributed by atoms with Gasteiger partial charge in [-0.25, -0.2) is 14.8 Å². The van der Waals surface area contributed by atoms with E-state index in [-0.39, 0.29) is 16.5 Å². The maximum absolute atomic E-state index is 12.8. The van der Waals surface area contributed by atoms with Gasteiger partial charge in [0.2, 0.25) is 0 Å². The first kappa shape index (κ1) is 22.7. The van der Waals surface area contributed by atoms with Gasteiger partial charge in [0.15, 0.2) is 4.77 Å². The van der Waals surface area contributed by atoms with Gasteiger partial charge in [-0.15, -0.1) is 0 Å². The van der Waals surface area contributed by atoms with E-state index in [2.05, 4.69) is 41.4 Å². The molecule has 0 atom stereocenters. The fourth-order valence-corrected chi connectivity index (χ4v) is 3.91. The quantitative estimate of drug-likeness (QED) is 0.460. The van der Waals surface area contributed by atoms with Crippen molar-refractivity contribution in [1.29, 1.82) is 0 Å². The zero-order chi connectivity index (χ0) is 22.4. The molecule has 31 heavy (non-hydrogen) atoms. The maximum atomic E-state index is 12.8. The minimum atomic E-state index is -0.675. The third kappa shape index (κ3) is 6.24. The first-order valence-corrected chi connectivity index (χ1v) is 11.0. The summed E-state index contributed by atoms with van der Waals surface area (Å²) in [4.78, 5) is 31.8. The van der Waals surface area contributed by atoms with E-state index in [0.29, 0.717) is 11.6 Å². The number of hydrogen-bond acceptors (Lipinski definition) is 4. The van der Waals surface area contributed by atoms with E-state index in [1.165, 1.54) is 10.6 Å². The van der Waals surface area contributed by atoms with Crippen LogP contribution in [0.5, 0.6) is 0 Å². The lowest BCUT2D eigenvalue weighted by molar-refractivity contribution is 0.0726. The van der Waals surface area contributed by atoms with Crippen molar-refractivity contribution in [3.05, 3.63) is 57.6 Å². The number of primary amides is 1. The van der Waals surface area contributed by atoms with Gasteiger partial charge in [0.05, 0.1) is 6.04 Å². The fourth-order valence-electron chi connectivity index (χ4n) is 3.69. The van der Waals surface area contributed by atoms with Crippen molar-refractivity contribution < 1.29 is 9.59 Å². The van der Waals surface area contributed by atoms with Crippen LogP contribution in [-0.4, -0.2) is 33.0 Å². The molecule has 1 aliphatic rings. The summed E-state index contributed by atoms with van der Waals surface area (Å²) in [6.07, 6.45) is 8.54. The average Bonchev–Trinajstić information content (AvgIpc) is 2.76. The average molecular weight is 440 g/mol. The molecular formula is C23H29N5O2S. The Morgan fingerprint density at radius 1 is 1.19 bits per heavy atom. The van der Waals surface area contributed by atoms with Crippen LogP contribution in [0.1, 0.15) is 79.2 Å². The molecule has 1 fully saturated rings. The third-order valence-corrected chi connectivity index (χ3v) is 5.65. The van der Waals surface area contributed by atoms with Gasteiger partial charge >= 0.3 is 6.03 Å². The highest BCUT2D eigenvalue weighted by molar-refractivity contribution is 7.71. The smallest absolute Gasteiger partial charge is 0.333 e. The second kappa shape index (κ2) is 10.3. The minimum absolute atomic E-state index is 0.0957. The standard InChI is InChI=1S/C23H29N5O2S/c1-15(2)17-11-8-16(9-12-17)10-13-18-14-20(26-23(31)25-18)21(29)27-28(22(24)30)19-6-4-3-5-7-19/h8-15,19H,3-7H2,1-2H3,(H2,24,30)(H,27,29)(H,25,26,31)/b13-10+. The molecule has 1 aliphatic carbocycles. The Morgan fingerprint density at radius 2 is 1.87 bits per heavy atom. The number of carbonyl (C=O) groups is 2. The highest BCUT2D eigenvalue weighted by Crippen LogP contribution is 2.21. The van der Waals surface area contributed by atoms with Crippen molar-refractivity contribution in [3.63, 3.8) is 0 Å². The lowest BCUT2D eigenvalue weighted by Crippen LogP contribution is -2.54. The van der Waals surface area contributed by atoms with Gasteiger partial charge in [0.25, 0.3) is 5.91 Å². The van der Waals surface area contributed by atoms with E-state index >= 15 is 0 Å². The number of urea groups is 1. The summed E-state index contributed by atoms with van der Waals surface area (Å²) in [5.41, 5.74) is 11.2. The number of amides is 3. The second-order valence-electron chi connectivity index (χ2n) is 8.12. The molecule has 0 aliphatic heterocycles. The molecule has 1 heterocycles. The van der Waals surface area contributed by atoms with Gasteiger partial charge in [-0.2, -0.15) is 0 Å². The molecule has 2 aromatic rings. The molecule has 1 aromatic heterocycles. The summed E-state index contributed by atoms with van der Waals surface area (Å²) in [5.74, 6) is -0.0376. The SMILES string of the molecule is CC(C)c1ccc(/C=C/c2cc(C(=O)NN(C(N)=O)C3CCCCC3)nc(=S)[nH]2)cc1. The summed E-state index contributed by atoms with van der Waals surface area (Å²) in [6, 6.07) is 9.12. The number of H-pyrrole nitrogens is 1. The molecule has 0 radical (unpaired) electrons. The number of benzene rings is 1. The van der Waals surface area contributed by atoms with Crippen LogP contribution in [0, 0.1) is 4.77 Å². The number of hydrazine groups is 1. The summed E-state index contributed by atoms with van der Waals surface area (Å²) in [5, 5.41) is 1.23. The van der Waals surface area contributed by atoms with Crippen molar-refractivity contribution >= 4 is 36.3 Å². The first-order chi connectivity index (χ1) is 14.8. The number of aromatic amines is 1. The zero-order valence-corrected chi connectivity index (χ0v) is 18.7. The number of nitrogens with two attached hydrogens (primary N) is 1. The normalized spacial score (nSPS) is 14.7. The van der Waals surface area contributed by atoms with Gasteiger partial charge in [-0.1, -0.05) is 63.5 Å². The van der Waals surface area contributed by atoms with E-state index in [1.807, 2.05) is 24.3 Å². The fraction of sp³-hybridized carbons (Fsp3) is 0.391. The molecule has 4 N–H and O–H groups in total.